The molecule has 5 aromatic rings. The number of methoxy groups -OCH3 is 1. The molecule has 1 aromatic heterocycles. The van der Waals surface area contributed by atoms with Gasteiger partial charge in [-0.25, -0.2) is 10.4 Å². The molecular weight excluding hydrogens is 550 g/mol. The monoisotopic (exact) mass is 579 g/mol. The molecule has 5 rings (SSSR count). The van der Waals surface area contributed by atoms with Crippen LogP contribution < -0.4 is 20.8 Å². The highest BCUT2D eigenvalue weighted by Gasteiger charge is 2.15. The molecule has 1 heterocycles. The van der Waals surface area contributed by atoms with Crippen LogP contribution in [0.2, 0.25) is 5.02 Å². The van der Waals surface area contributed by atoms with Crippen molar-refractivity contribution >= 4 is 68.5 Å². The molecule has 0 aliphatic rings. The largest absolute Gasteiger partial charge is 0.497 e. The number of ether oxygens (including phenoxy) is 1. The summed E-state index contributed by atoms with van der Waals surface area (Å²) in [5.74, 6) is -0.993. The van der Waals surface area contributed by atoms with E-state index >= 15 is 0 Å². The van der Waals surface area contributed by atoms with Crippen LogP contribution >= 0.6 is 11.6 Å². The Morgan fingerprint density at radius 1 is 0.833 bits per heavy atom. The number of fused-ring (bicyclic) bond motifs is 2. The fraction of sp³-hybridized carbons (Fsp3) is 0.152. The van der Waals surface area contributed by atoms with Crippen molar-refractivity contribution in [3.05, 3.63) is 101 Å². The average molecular weight is 580 g/mol. The van der Waals surface area contributed by atoms with Crippen LogP contribution in [0.3, 0.4) is 0 Å². The van der Waals surface area contributed by atoms with Gasteiger partial charge in [0.15, 0.2) is 0 Å². The van der Waals surface area contributed by atoms with Crippen LogP contribution in [0.4, 0.5) is 17.1 Å². The second-order valence-corrected chi connectivity index (χ2v) is 11.2. The summed E-state index contributed by atoms with van der Waals surface area (Å²) in [7, 11) is 1.62. The van der Waals surface area contributed by atoms with Gasteiger partial charge in [0, 0.05) is 27.2 Å². The summed E-state index contributed by atoms with van der Waals surface area (Å²) in [6.45, 7) is 6.41. The van der Waals surface area contributed by atoms with Crippen molar-refractivity contribution in [1.82, 2.24) is 10.4 Å². The molecule has 2 amide bonds. The molecule has 0 saturated carbocycles. The number of anilines is 3. The Balaban J connectivity index is 1.27. The maximum Gasteiger partial charge on any atom is 0.329 e. The summed E-state index contributed by atoms with van der Waals surface area (Å²) in [5, 5.41) is 12.3. The lowest BCUT2D eigenvalue weighted by atomic mass is 9.87. The first-order chi connectivity index (χ1) is 20.1. The number of pyridine rings is 1. The molecule has 8 nitrogen and oxygen atoms in total. The van der Waals surface area contributed by atoms with Crippen LogP contribution in [0, 0.1) is 0 Å². The van der Waals surface area contributed by atoms with E-state index in [1.807, 2.05) is 60.7 Å². The third-order valence-electron chi connectivity index (χ3n) is 6.72. The summed E-state index contributed by atoms with van der Waals surface area (Å²) in [6.07, 6.45) is 1.49. The number of carbonyl (C=O) groups excluding carboxylic acids is 2. The number of halogens is 1. The van der Waals surface area contributed by atoms with E-state index in [0.717, 1.165) is 38.7 Å². The van der Waals surface area contributed by atoms with Crippen molar-refractivity contribution in [3.63, 3.8) is 0 Å². The first-order valence-corrected chi connectivity index (χ1v) is 13.7. The molecule has 4 aromatic carbocycles. The smallest absolute Gasteiger partial charge is 0.329 e. The Morgan fingerprint density at radius 2 is 1.55 bits per heavy atom. The molecule has 0 spiro atoms. The van der Waals surface area contributed by atoms with Gasteiger partial charge in [0.2, 0.25) is 0 Å². The van der Waals surface area contributed by atoms with Gasteiger partial charge >= 0.3 is 11.8 Å². The Hall–Kier alpha value is -4.95. The van der Waals surface area contributed by atoms with E-state index in [1.165, 1.54) is 11.8 Å². The van der Waals surface area contributed by atoms with Crippen molar-refractivity contribution in [1.29, 1.82) is 0 Å². The predicted molar refractivity (Wildman–Crippen MR) is 170 cm³/mol. The predicted octanol–water partition coefficient (Wildman–Crippen LogP) is 7.18. The zero-order valence-electron chi connectivity index (χ0n) is 23.7. The number of aromatic nitrogens is 1. The molecule has 0 bridgehead atoms. The number of nitrogens with zero attached hydrogens (tertiary/aromatic N) is 2. The van der Waals surface area contributed by atoms with Crippen molar-refractivity contribution in [2.24, 2.45) is 5.10 Å². The van der Waals surface area contributed by atoms with Crippen LogP contribution in [0.15, 0.2) is 90.0 Å². The van der Waals surface area contributed by atoms with E-state index in [4.69, 9.17) is 21.3 Å². The maximum atomic E-state index is 12.4. The summed E-state index contributed by atoms with van der Waals surface area (Å²) in [4.78, 5) is 29.5. The van der Waals surface area contributed by atoms with Crippen molar-refractivity contribution in [2.75, 3.05) is 17.7 Å². The van der Waals surface area contributed by atoms with Gasteiger partial charge in [0.05, 0.1) is 30.0 Å². The van der Waals surface area contributed by atoms with E-state index in [2.05, 4.69) is 41.9 Å². The van der Waals surface area contributed by atoms with E-state index in [-0.39, 0.29) is 5.41 Å². The average Bonchev–Trinajstić information content (AvgIpc) is 2.97. The second-order valence-electron chi connectivity index (χ2n) is 10.8. The van der Waals surface area contributed by atoms with E-state index in [0.29, 0.717) is 16.5 Å². The summed E-state index contributed by atoms with van der Waals surface area (Å²) in [6, 6.07) is 26.1. The second kappa shape index (κ2) is 11.9. The number of amides is 2. The van der Waals surface area contributed by atoms with Gasteiger partial charge in [-0.2, -0.15) is 5.10 Å². The molecule has 42 heavy (non-hydrogen) atoms. The summed E-state index contributed by atoms with van der Waals surface area (Å²) >= 11 is 6.23. The highest BCUT2D eigenvalue weighted by atomic mass is 35.5. The minimum absolute atomic E-state index is 0.0426. The van der Waals surface area contributed by atoms with Gasteiger partial charge in [-0.1, -0.05) is 56.6 Å². The lowest BCUT2D eigenvalue weighted by Crippen LogP contribution is -2.32. The van der Waals surface area contributed by atoms with Crippen molar-refractivity contribution in [2.45, 2.75) is 26.2 Å². The Kier molecular flexibility index (Phi) is 8.08. The van der Waals surface area contributed by atoms with Gasteiger partial charge in [0.1, 0.15) is 5.75 Å². The fourth-order valence-corrected chi connectivity index (χ4v) is 4.58. The number of carbonyl (C=O) groups is 2. The lowest BCUT2D eigenvalue weighted by molar-refractivity contribution is -0.136. The van der Waals surface area contributed by atoms with Crippen LogP contribution in [-0.4, -0.2) is 30.1 Å². The summed E-state index contributed by atoms with van der Waals surface area (Å²) in [5.41, 5.74) is 7.92. The Labute approximate surface area is 248 Å². The van der Waals surface area contributed by atoms with Crippen molar-refractivity contribution < 1.29 is 14.3 Å². The molecule has 0 aliphatic carbocycles. The van der Waals surface area contributed by atoms with Crippen LogP contribution in [-0.2, 0) is 15.0 Å². The maximum absolute atomic E-state index is 12.4. The fourth-order valence-electron chi connectivity index (χ4n) is 4.41. The molecule has 3 N–H and O–H groups in total. The van der Waals surface area contributed by atoms with Crippen LogP contribution in [0.25, 0.3) is 21.8 Å². The van der Waals surface area contributed by atoms with Gasteiger partial charge in [-0.05, 0) is 77.2 Å². The van der Waals surface area contributed by atoms with Gasteiger partial charge < -0.3 is 15.4 Å². The molecule has 0 atom stereocenters. The third kappa shape index (κ3) is 6.50. The number of rotatable bonds is 6. The first-order valence-electron chi connectivity index (χ1n) is 13.3. The van der Waals surface area contributed by atoms with Crippen molar-refractivity contribution in [3.8, 4) is 5.75 Å². The normalized spacial score (nSPS) is 11.5. The molecule has 212 valence electrons. The van der Waals surface area contributed by atoms with E-state index in [9.17, 15) is 9.59 Å². The minimum atomic E-state index is -0.873. The quantitative estimate of drug-likeness (QED) is 0.0855. The van der Waals surface area contributed by atoms with Crippen LogP contribution in [0.1, 0.15) is 31.9 Å². The zero-order valence-corrected chi connectivity index (χ0v) is 24.4. The Bertz CT molecular complexity index is 1810. The molecular formula is C33H30ClN5O3. The molecule has 9 heteroatoms. The highest BCUT2D eigenvalue weighted by molar-refractivity contribution is 6.39. The lowest BCUT2D eigenvalue weighted by Gasteiger charge is -2.18. The molecule has 0 unspecified atom stereocenters. The van der Waals surface area contributed by atoms with E-state index in [1.54, 1.807) is 31.4 Å². The van der Waals surface area contributed by atoms with Crippen LogP contribution in [0.5, 0.6) is 5.75 Å². The number of hydrogen-bond acceptors (Lipinski definition) is 6. The molecule has 0 aliphatic heterocycles. The SMILES string of the molecule is COc1ccc2nc3cc(Cl)ccc3c(Nc3ccc(NC(=O)C(=O)N/N=C/c4ccc(C(C)(C)C)cc4)cc3)c2c1. The molecule has 0 saturated heterocycles. The number of nitrogens with one attached hydrogen (secondary N) is 3. The number of benzene rings is 4. The molecule has 0 radical (unpaired) electrons. The number of hydrazone groups is 1. The van der Waals surface area contributed by atoms with Gasteiger partial charge in [0.25, 0.3) is 0 Å². The third-order valence-corrected chi connectivity index (χ3v) is 6.95. The topological polar surface area (TPSA) is 105 Å². The highest BCUT2D eigenvalue weighted by Crippen LogP contribution is 2.36. The number of hydrogen-bond donors (Lipinski definition) is 3. The minimum Gasteiger partial charge on any atom is -0.497 e. The van der Waals surface area contributed by atoms with Gasteiger partial charge in [-0.15, -0.1) is 0 Å². The van der Waals surface area contributed by atoms with Gasteiger partial charge in [-0.3, -0.25) is 9.59 Å². The zero-order chi connectivity index (χ0) is 29.9. The summed E-state index contributed by atoms with van der Waals surface area (Å²) < 4.78 is 5.43. The first kappa shape index (κ1) is 28.6. The standard InChI is InChI=1S/C33H30ClN5O3/c1-33(2,3)21-7-5-20(6-8-21)19-35-39-32(41)31(40)37-24-12-10-23(11-13-24)36-30-26-15-9-22(34)17-29(26)38-28-16-14-25(42-4)18-27(28)30/h5-19H,1-4H3,(H,36,38)(H,37,40)(H,39,41)/b35-19+. The Morgan fingerprint density at radius 3 is 2.24 bits per heavy atom. The molecule has 0 fully saturated rings. The van der Waals surface area contributed by atoms with E-state index < -0.39 is 11.8 Å².